The lowest BCUT2D eigenvalue weighted by Gasteiger charge is -1.99. The average molecular weight is 180 g/mol. The highest BCUT2D eigenvalue weighted by atomic mass is 16.1. The Morgan fingerprint density at radius 2 is 1.77 bits per heavy atom. The van der Waals surface area contributed by atoms with E-state index in [-0.39, 0.29) is 17.5 Å². The van der Waals surface area contributed by atoms with Crippen molar-refractivity contribution in [1.82, 2.24) is 0 Å². The van der Waals surface area contributed by atoms with Crippen LogP contribution in [0.1, 0.15) is 27.7 Å². The third-order valence-corrected chi connectivity index (χ3v) is 1.92. The Morgan fingerprint density at radius 3 is 2.08 bits per heavy atom. The van der Waals surface area contributed by atoms with Gasteiger partial charge in [-0.25, -0.2) is 0 Å². The van der Waals surface area contributed by atoms with Crippen molar-refractivity contribution in [2.75, 3.05) is 0 Å². The summed E-state index contributed by atoms with van der Waals surface area (Å²) in [7, 11) is 0. The van der Waals surface area contributed by atoms with Gasteiger partial charge in [0.1, 0.15) is 5.78 Å². The number of carbonyl (C=O) groups excluding carboxylic acids is 2. The first kappa shape index (κ1) is 11.8. The molecule has 0 aliphatic carbocycles. The molecule has 0 rings (SSSR count). The maximum Gasteiger partial charge on any atom is 0.159 e. The molecule has 13 heavy (non-hydrogen) atoms. The van der Waals surface area contributed by atoms with Crippen molar-refractivity contribution in [3.05, 3.63) is 23.8 Å². The zero-order valence-corrected chi connectivity index (χ0v) is 8.63. The van der Waals surface area contributed by atoms with Crippen molar-refractivity contribution >= 4 is 11.6 Å². The summed E-state index contributed by atoms with van der Waals surface area (Å²) >= 11 is 0. The zero-order valence-electron chi connectivity index (χ0n) is 8.63. The van der Waals surface area contributed by atoms with Crippen molar-refractivity contribution in [2.45, 2.75) is 27.7 Å². The van der Waals surface area contributed by atoms with Crippen LogP contribution < -0.4 is 0 Å². The molecule has 0 heterocycles. The number of hydrogen-bond donors (Lipinski definition) is 0. The molecule has 0 bridgehead atoms. The van der Waals surface area contributed by atoms with Crippen molar-refractivity contribution in [1.29, 1.82) is 0 Å². The van der Waals surface area contributed by atoms with Gasteiger partial charge in [0.15, 0.2) is 5.78 Å². The SMILES string of the molecule is C/C=C(\C=C/C(C)C(C)=O)C(C)=O. The number of Topliss-reactive ketones (excluding diaryl/α,β-unsaturated/α-hetero) is 2. The Labute approximate surface area is 79.3 Å². The largest absolute Gasteiger partial charge is 0.299 e. The van der Waals surface area contributed by atoms with E-state index in [1.54, 1.807) is 25.2 Å². The van der Waals surface area contributed by atoms with E-state index >= 15 is 0 Å². The summed E-state index contributed by atoms with van der Waals surface area (Å²) in [5.41, 5.74) is 0.646. The Balaban J connectivity index is 4.42. The van der Waals surface area contributed by atoms with Gasteiger partial charge < -0.3 is 0 Å². The molecule has 0 aliphatic rings. The highest BCUT2D eigenvalue weighted by Gasteiger charge is 2.03. The standard InChI is InChI=1S/C11H16O2/c1-5-11(10(4)13)7-6-8(2)9(3)12/h5-8H,1-4H3/b7-6-,11-5+. The minimum Gasteiger partial charge on any atom is -0.299 e. The van der Waals surface area contributed by atoms with Gasteiger partial charge in [-0.15, -0.1) is 0 Å². The molecule has 0 aromatic heterocycles. The van der Waals surface area contributed by atoms with Gasteiger partial charge in [-0.3, -0.25) is 9.59 Å². The van der Waals surface area contributed by atoms with Crippen LogP contribution in [0.2, 0.25) is 0 Å². The lowest BCUT2D eigenvalue weighted by atomic mass is 10.0. The first-order valence-electron chi connectivity index (χ1n) is 4.35. The highest BCUT2D eigenvalue weighted by molar-refractivity contribution is 5.96. The predicted molar refractivity (Wildman–Crippen MR) is 53.4 cm³/mol. The van der Waals surface area contributed by atoms with Crippen LogP contribution in [0.5, 0.6) is 0 Å². The predicted octanol–water partition coefficient (Wildman–Crippen LogP) is 2.30. The monoisotopic (exact) mass is 180 g/mol. The summed E-state index contributed by atoms with van der Waals surface area (Å²) in [6.07, 6.45) is 5.19. The van der Waals surface area contributed by atoms with E-state index in [4.69, 9.17) is 0 Å². The number of carbonyl (C=O) groups is 2. The summed E-state index contributed by atoms with van der Waals surface area (Å²) in [5, 5.41) is 0. The second-order valence-electron chi connectivity index (χ2n) is 3.06. The van der Waals surface area contributed by atoms with Gasteiger partial charge in [-0.05, 0) is 20.8 Å². The summed E-state index contributed by atoms with van der Waals surface area (Å²) in [5.74, 6) is 0.0130. The molecule has 0 aromatic carbocycles. The molecule has 1 atom stereocenters. The topological polar surface area (TPSA) is 34.1 Å². The van der Waals surface area contributed by atoms with Crippen LogP contribution in [-0.4, -0.2) is 11.6 Å². The molecular weight excluding hydrogens is 164 g/mol. The molecule has 2 heteroatoms. The van der Waals surface area contributed by atoms with Gasteiger partial charge in [0, 0.05) is 11.5 Å². The first-order chi connectivity index (χ1) is 5.99. The van der Waals surface area contributed by atoms with Crippen molar-refractivity contribution in [3.8, 4) is 0 Å². The van der Waals surface area contributed by atoms with E-state index in [2.05, 4.69) is 0 Å². The van der Waals surface area contributed by atoms with Gasteiger partial charge in [-0.2, -0.15) is 0 Å². The van der Waals surface area contributed by atoms with E-state index in [9.17, 15) is 9.59 Å². The Kier molecular flexibility index (Phi) is 4.97. The van der Waals surface area contributed by atoms with E-state index in [0.717, 1.165) is 0 Å². The highest BCUT2D eigenvalue weighted by Crippen LogP contribution is 2.04. The normalized spacial score (nSPS) is 14.6. The third kappa shape index (κ3) is 4.41. The molecule has 0 saturated carbocycles. The average Bonchev–Trinajstić information content (AvgIpc) is 2.04. The van der Waals surface area contributed by atoms with Crippen molar-refractivity contribution < 1.29 is 9.59 Å². The van der Waals surface area contributed by atoms with Crippen molar-refractivity contribution in [3.63, 3.8) is 0 Å². The van der Waals surface area contributed by atoms with E-state index in [1.807, 2.05) is 6.92 Å². The molecule has 0 radical (unpaired) electrons. The molecule has 0 aliphatic heterocycles. The second kappa shape index (κ2) is 5.46. The van der Waals surface area contributed by atoms with E-state index < -0.39 is 0 Å². The molecule has 0 saturated heterocycles. The summed E-state index contributed by atoms with van der Waals surface area (Å²) in [4.78, 5) is 21.8. The fourth-order valence-electron chi connectivity index (χ4n) is 0.800. The molecule has 0 aromatic rings. The number of allylic oxidation sites excluding steroid dienone is 4. The molecule has 1 unspecified atom stereocenters. The van der Waals surface area contributed by atoms with Crippen molar-refractivity contribution in [2.24, 2.45) is 5.92 Å². The van der Waals surface area contributed by atoms with Crippen LogP contribution in [0, 0.1) is 5.92 Å². The third-order valence-electron chi connectivity index (χ3n) is 1.92. The lowest BCUT2D eigenvalue weighted by Crippen LogP contribution is -2.02. The maximum absolute atomic E-state index is 11.0. The van der Waals surface area contributed by atoms with Gasteiger partial charge in [0.2, 0.25) is 0 Å². The lowest BCUT2D eigenvalue weighted by molar-refractivity contribution is -0.119. The number of ketones is 2. The van der Waals surface area contributed by atoms with Gasteiger partial charge in [0.05, 0.1) is 0 Å². The zero-order chi connectivity index (χ0) is 10.4. The Bertz CT molecular complexity index is 259. The molecule has 0 amide bonds. The molecular formula is C11H16O2. The van der Waals surface area contributed by atoms with Crippen LogP contribution in [0.25, 0.3) is 0 Å². The fourth-order valence-corrected chi connectivity index (χ4v) is 0.800. The summed E-state index contributed by atoms with van der Waals surface area (Å²) < 4.78 is 0. The fraction of sp³-hybridized carbons (Fsp3) is 0.455. The van der Waals surface area contributed by atoms with E-state index in [1.165, 1.54) is 13.8 Å². The van der Waals surface area contributed by atoms with Gasteiger partial charge in [0.25, 0.3) is 0 Å². The van der Waals surface area contributed by atoms with E-state index in [0.29, 0.717) is 5.57 Å². The maximum atomic E-state index is 11.0. The van der Waals surface area contributed by atoms with Crippen LogP contribution in [-0.2, 0) is 9.59 Å². The van der Waals surface area contributed by atoms with Crippen LogP contribution in [0.15, 0.2) is 23.8 Å². The minimum absolute atomic E-state index is 0.0227. The summed E-state index contributed by atoms with van der Waals surface area (Å²) in [6.45, 7) is 6.67. The number of hydrogen-bond acceptors (Lipinski definition) is 2. The molecule has 2 nitrogen and oxygen atoms in total. The minimum atomic E-state index is -0.116. The smallest absolute Gasteiger partial charge is 0.159 e. The summed E-state index contributed by atoms with van der Waals surface area (Å²) in [6, 6.07) is 0. The molecule has 0 fully saturated rings. The molecule has 0 spiro atoms. The Morgan fingerprint density at radius 1 is 1.23 bits per heavy atom. The van der Waals surface area contributed by atoms with Crippen LogP contribution in [0.3, 0.4) is 0 Å². The molecule has 72 valence electrons. The van der Waals surface area contributed by atoms with Gasteiger partial charge in [-0.1, -0.05) is 25.2 Å². The molecule has 0 N–H and O–H groups in total. The quantitative estimate of drug-likeness (QED) is 0.491. The first-order valence-corrected chi connectivity index (χ1v) is 4.35. The van der Waals surface area contributed by atoms with Gasteiger partial charge >= 0.3 is 0 Å². The Hall–Kier alpha value is -1.18. The number of rotatable bonds is 4. The van der Waals surface area contributed by atoms with Crippen LogP contribution >= 0.6 is 0 Å². The second-order valence-corrected chi connectivity index (χ2v) is 3.06. The van der Waals surface area contributed by atoms with Crippen LogP contribution in [0.4, 0.5) is 0 Å².